The number of likely N-dealkylation sites (tertiary alicyclic amines) is 1. The summed E-state index contributed by atoms with van der Waals surface area (Å²) in [5.41, 5.74) is 1.50. The third-order valence-corrected chi connectivity index (χ3v) is 4.58. The van der Waals surface area contributed by atoms with E-state index in [0.717, 1.165) is 37.2 Å². The van der Waals surface area contributed by atoms with E-state index < -0.39 is 0 Å². The fraction of sp³-hybridized carbons (Fsp3) is 0.304. The van der Waals surface area contributed by atoms with Crippen molar-refractivity contribution in [2.24, 2.45) is 0 Å². The van der Waals surface area contributed by atoms with Crippen LogP contribution in [-0.2, 0) is 4.79 Å². The van der Waals surface area contributed by atoms with Gasteiger partial charge in [0.25, 0.3) is 5.91 Å². The first-order chi connectivity index (χ1) is 13.7. The van der Waals surface area contributed by atoms with Crippen LogP contribution in [0.4, 0.5) is 0 Å². The molecule has 28 heavy (non-hydrogen) atoms. The van der Waals surface area contributed by atoms with Crippen molar-refractivity contribution in [1.82, 2.24) is 4.90 Å². The van der Waals surface area contributed by atoms with E-state index in [9.17, 15) is 9.59 Å². The Morgan fingerprint density at radius 2 is 1.54 bits per heavy atom. The van der Waals surface area contributed by atoms with Crippen molar-refractivity contribution < 1.29 is 19.1 Å². The fourth-order valence-electron chi connectivity index (χ4n) is 3.03. The molecule has 2 aromatic carbocycles. The van der Waals surface area contributed by atoms with Crippen LogP contribution < -0.4 is 9.47 Å². The molecular weight excluding hydrogens is 354 g/mol. The number of hydrogen-bond acceptors (Lipinski definition) is 4. The second kappa shape index (κ2) is 9.74. The molecule has 146 valence electrons. The monoisotopic (exact) mass is 379 g/mol. The molecule has 0 atom stereocenters. The van der Waals surface area contributed by atoms with Gasteiger partial charge < -0.3 is 14.4 Å². The second-order valence-corrected chi connectivity index (χ2v) is 6.60. The summed E-state index contributed by atoms with van der Waals surface area (Å²) in [6, 6.07) is 14.4. The molecular formula is C23H25NO4. The lowest BCUT2D eigenvalue weighted by Crippen LogP contribution is -2.32. The number of carbonyl (C=O) groups is 2. The van der Waals surface area contributed by atoms with Gasteiger partial charge in [-0.05, 0) is 67.8 Å². The minimum Gasteiger partial charge on any atom is -0.494 e. The van der Waals surface area contributed by atoms with E-state index in [0.29, 0.717) is 17.9 Å². The molecule has 0 radical (unpaired) electrons. The van der Waals surface area contributed by atoms with Gasteiger partial charge in [0.15, 0.2) is 12.4 Å². The van der Waals surface area contributed by atoms with Crippen LogP contribution in [0.3, 0.4) is 0 Å². The molecule has 0 spiro atoms. The first kappa shape index (κ1) is 19.7. The van der Waals surface area contributed by atoms with Crippen LogP contribution in [-0.4, -0.2) is 42.9 Å². The van der Waals surface area contributed by atoms with E-state index in [1.807, 2.05) is 36.1 Å². The van der Waals surface area contributed by atoms with E-state index in [1.165, 1.54) is 0 Å². The SMILES string of the molecule is CCOc1ccc(/C=C/C(=O)c2ccc(OCC(=O)N3CCCC3)cc2)cc1. The van der Waals surface area contributed by atoms with E-state index >= 15 is 0 Å². The Balaban J connectivity index is 1.52. The Morgan fingerprint density at radius 3 is 2.18 bits per heavy atom. The average molecular weight is 379 g/mol. The predicted molar refractivity (Wildman–Crippen MR) is 109 cm³/mol. The molecule has 0 bridgehead atoms. The molecule has 0 aliphatic carbocycles. The van der Waals surface area contributed by atoms with Gasteiger partial charge in [-0.1, -0.05) is 18.2 Å². The normalized spacial score (nSPS) is 13.7. The first-order valence-corrected chi connectivity index (χ1v) is 9.61. The van der Waals surface area contributed by atoms with Crippen molar-refractivity contribution in [3.8, 4) is 11.5 Å². The summed E-state index contributed by atoms with van der Waals surface area (Å²) in [7, 11) is 0. The number of hydrogen-bond donors (Lipinski definition) is 0. The van der Waals surface area contributed by atoms with Crippen molar-refractivity contribution in [1.29, 1.82) is 0 Å². The highest BCUT2D eigenvalue weighted by Crippen LogP contribution is 2.16. The number of allylic oxidation sites excluding steroid dienone is 1. The molecule has 1 amide bonds. The zero-order chi connectivity index (χ0) is 19.8. The number of ketones is 1. The molecule has 0 unspecified atom stereocenters. The molecule has 1 heterocycles. The van der Waals surface area contributed by atoms with E-state index in [4.69, 9.17) is 9.47 Å². The van der Waals surface area contributed by atoms with Crippen LogP contribution >= 0.6 is 0 Å². The van der Waals surface area contributed by atoms with Crippen molar-refractivity contribution in [2.45, 2.75) is 19.8 Å². The molecule has 5 nitrogen and oxygen atoms in total. The summed E-state index contributed by atoms with van der Waals surface area (Å²) in [6.07, 6.45) is 5.44. The lowest BCUT2D eigenvalue weighted by molar-refractivity contribution is -0.132. The number of rotatable bonds is 8. The number of amides is 1. The Hall–Kier alpha value is -3.08. The van der Waals surface area contributed by atoms with Crippen molar-refractivity contribution in [2.75, 3.05) is 26.3 Å². The molecule has 0 aromatic heterocycles. The molecule has 1 aliphatic heterocycles. The maximum absolute atomic E-state index is 12.3. The zero-order valence-corrected chi connectivity index (χ0v) is 16.1. The number of carbonyl (C=O) groups excluding carboxylic acids is 2. The quantitative estimate of drug-likeness (QED) is 0.514. The Bertz CT molecular complexity index is 819. The first-order valence-electron chi connectivity index (χ1n) is 9.61. The fourth-order valence-corrected chi connectivity index (χ4v) is 3.03. The van der Waals surface area contributed by atoms with Crippen LogP contribution in [0.1, 0.15) is 35.7 Å². The minimum atomic E-state index is -0.0893. The molecule has 1 fully saturated rings. The second-order valence-electron chi connectivity index (χ2n) is 6.60. The molecule has 0 N–H and O–H groups in total. The van der Waals surface area contributed by atoms with Gasteiger partial charge in [-0.3, -0.25) is 9.59 Å². The van der Waals surface area contributed by atoms with Gasteiger partial charge in [0, 0.05) is 18.7 Å². The summed E-state index contributed by atoms with van der Waals surface area (Å²) in [5, 5.41) is 0. The van der Waals surface area contributed by atoms with E-state index in [1.54, 1.807) is 36.4 Å². The van der Waals surface area contributed by atoms with Crippen LogP contribution in [0.2, 0.25) is 0 Å². The Labute approximate surface area is 165 Å². The number of nitrogens with zero attached hydrogens (tertiary/aromatic N) is 1. The average Bonchev–Trinajstić information content (AvgIpc) is 3.27. The zero-order valence-electron chi connectivity index (χ0n) is 16.1. The number of ether oxygens (including phenoxy) is 2. The molecule has 5 heteroatoms. The summed E-state index contributed by atoms with van der Waals surface area (Å²) in [6.45, 7) is 4.23. The Morgan fingerprint density at radius 1 is 0.929 bits per heavy atom. The molecule has 3 rings (SSSR count). The van der Waals surface area contributed by atoms with Gasteiger partial charge >= 0.3 is 0 Å². The van der Waals surface area contributed by atoms with Gasteiger partial charge in [0.2, 0.25) is 0 Å². The van der Waals surface area contributed by atoms with Crippen LogP contribution in [0.5, 0.6) is 11.5 Å². The minimum absolute atomic E-state index is 0.0101. The van der Waals surface area contributed by atoms with E-state index in [2.05, 4.69) is 0 Å². The lowest BCUT2D eigenvalue weighted by Gasteiger charge is -2.15. The maximum atomic E-state index is 12.3. The highest BCUT2D eigenvalue weighted by atomic mass is 16.5. The van der Waals surface area contributed by atoms with Gasteiger partial charge in [-0.25, -0.2) is 0 Å². The van der Waals surface area contributed by atoms with Gasteiger partial charge in [-0.15, -0.1) is 0 Å². The summed E-state index contributed by atoms with van der Waals surface area (Å²) in [5.74, 6) is 1.31. The van der Waals surface area contributed by atoms with Crippen molar-refractivity contribution in [3.05, 3.63) is 65.7 Å². The topological polar surface area (TPSA) is 55.8 Å². The van der Waals surface area contributed by atoms with Gasteiger partial charge in [0.05, 0.1) is 6.61 Å². The van der Waals surface area contributed by atoms with E-state index in [-0.39, 0.29) is 18.3 Å². The van der Waals surface area contributed by atoms with Crippen LogP contribution in [0.15, 0.2) is 54.6 Å². The van der Waals surface area contributed by atoms with Gasteiger partial charge in [-0.2, -0.15) is 0 Å². The third-order valence-electron chi connectivity index (χ3n) is 4.58. The smallest absolute Gasteiger partial charge is 0.260 e. The van der Waals surface area contributed by atoms with Crippen molar-refractivity contribution in [3.63, 3.8) is 0 Å². The lowest BCUT2D eigenvalue weighted by atomic mass is 10.1. The van der Waals surface area contributed by atoms with Crippen LogP contribution in [0, 0.1) is 0 Å². The predicted octanol–water partition coefficient (Wildman–Crippen LogP) is 3.98. The highest BCUT2D eigenvalue weighted by molar-refractivity contribution is 6.06. The van der Waals surface area contributed by atoms with Crippen LogP contribution in [0.25, 0.3) is 6.08 Å². The summed E-state index contributed by atoms with van der Waals surface area (Å²) >= 11 is 0. The molecule has 0 saturated carbocycles. The summed E-state index contributed by atoms with van der Waals surface area (Å²) < 4.78 is 10.9. The molecule has 2 aromatic rings. The molecule has 1 saturated heterocycles. The number of benzene rings is 2. The largest absolute Gasteiger partial charge is 0.494 e. The van der Waals surface area contributed by atoms with Crippen molar-refractivity contribution >= 4 is 17.8 Å². The third kappa shape index (κ3) is 5.46. The maximum Gasteiger partial charge on any atom is 0.260 e. The van der Waals surface area contributed by atoms with Gasteiger partial charge in [0.1, 0.15) is 11.5 Å². The highest BCUT2D eigenvalue weighted by Gasteiger charge is 2.18. The standard InChI is InChI=1S/C23H25NO4/c1-2-27-20-10-5-18(6-11-20)7-14-22(25)19-8-12-21(13-9-19)28-17-23(26)24-15-3-4-16-24/h5-14H,2-4,15-17H2,1H3/b14-7+. The summed E-state index contributed by atoms with van der Waals surface area (Å²) in [4.78, 5) is 26.1. The Kier molecular flexibility index (Phi) is 6.84. The molecule has 1 aliphatic rings.